The fourth-order valence-electron chi connectivity index (χ4n) is 4.33. The van der Waals surface area contributed by atoms with Crippen molar-refractivity contribution in [3.05, 3.63) is 68.5 Å². The zero-order chi connectivity index (χ0) is 20.6. The molecular formula is C21H24N4O4. The van der Waals surface area contributed by atoms with Crippen molar-refractivity contribution < 1.29 is 9.59 Å². The number of nitrogens with zero attached hydrogens (tertiary/aromatic N) is 3. The van der Waals surface area contributed by atoms with E-state index in [-0.39, 0.29) is 11.5 Å². The van der Waals surface area contributed by atoms with Gasteiger partial charge in [0.25, 0.3) is 11.5 Å². The van der Waals surface area contributed by atoms with Gasteiger partial charge in [0, 0.05) is 39.4 Å². The number of nitrogens with one attached hydrogen (secondary N) is 1. The van der Waals surface area contributed by atoms with Crippen molar-refractivity contribution in [2.75, 3.05) is 26.2 Å². The number of hydrogen-bond acceptors (Lipinski definition) is 4. The maximum Gasteiger partial charge on any atom is 0.328 e. The lowest BCUT2D eigenvalue weighted by molar-refractivity contribution is -0.135. The standard InChI is InChI=1S/C21H24N4O4/c1-23-13-16(17(26)22-20(23)29)18(27)25-12-9-21(14-25)8-11-24(19(21)28)10-7-15-5-3-2-4-6-15/h2-6,13H,7-12,14H2,1H3,(H,22,26,29). The first-order chi connectivity index (χ1) is 13.9. The molecule has 2 saturated heterocycles. The Bertz CT molecular complexity index is 1060. The van der Waals surface area contributed by atoms with Gasteiger partial charge in [-0.2, -0.15) is 0 Å². The molecule has 8 heteroatoms. The first-order valence-electron chi connectivity index (χ1n) is 9.82. The van der Waals surface area contributed by atoms with Crippen molar-refractivity contribution in [2.24, 2.45) is 12.5 Å². The van der Waals surface area contributed by atoms with Gasteiger partial charge in [-0.3, -0.25) is 19.4 Å². The minimum absolute atomic E-state index is 0.0736. The van der Waals surface area contributed by atoms with Crippen LogP contribution in [0, 0.1) is 5.41 Å². The summed E-state index contributed by atoms with van der Waals surface area (Å²) in [4.78, 5) is 55.1. The molecular weight excluding hydrogens is 372 g/mol. The molecule has 1 N–H and O–H groups in total. The number of rotatable bonds is 4. The molecule has 1 spiro atoms. The summed E-state index contributed by atoms with van der Waals surface area (Å²) in [6.45, 7) is 2.10. The van der Waals surface area contributed by atoms with E-state index in [0.717, 1.165) is 6.42 Å². The van der Waals surface area contributed by atoms with Crippen LogP contribution >= 0.6 is 0 Å². The minimum Gasteiger partial charge on any atom is -0.342 e. The Morgan fingerprint density at radius 2 is 1.83 bits per heavy atom. The Kier molecular flexibility index (Phi) is 4.86. The largest absolute Gasteiger partial charge is 0.342 e. The van der Waals surface area contributed by atoms with Crippen molar-refractivity contribution in [1.82, 2.24) is 19.4 Å². The smallest absolute Gasteiger partial charge is 0.328 e. The van der Waals surface area contributed by atoms with Crippen LogP contribution in [0.4, 0.5) is 0 Å². The molecule has 1 aromatic carbocycles. The monoisotopic (exact) mass is 396 g/mol. The summed E-state index contributed by atoms with van der Waals surface area (Å²) in [6, 6.07) is 10.1. The average molecular weight is 396 g/mol. The Hall–Kier alpha value is -3.16. The molecule has 1 unspecified atom stereocenters. The summed E-state index contributed by atoms with van der Waals surface area (Å²) in [5, 5.41) is 0. The summed E-state index contributed by atoms with van der Waals surface area (Å²) in [5.74, 6) is -0.340. The van der Waals surface area contributed by atoms with Gasteiger partial charge in [0.2, 0.25) is 5.91 Å². The van der Waals surface area contributed by atoms with Crippen molar-refractivity contribution in [2.45, 2.75) is 19.3 Å². The van der Waals surface area contributed by atoms with Crippen molar-refractivity contribution in [3.63, 3.8) is 0 Å². The maximum atomic E-state index is 13.1. The third-order valence-corrected chi connectivity index (χ3v) is 6.09. The molecule has 2 amide bonds. The zero-order valence-corrected chi connectivity index (χ0v) is 16.4. The van der Waals surface area contributed by atoms with E-state index in [9.17, 15) is 19.2 Å². The second kappa shape index (κ2) is 7.35. The van der Waals surface area contributed by atoms with Crippen molar-refractivity contribution >= 4 is 11.8 Å². The summed E-state index contributed by atoms with van der Waals surface area (Å²) in [6.07, 6.45) is 3.38. The molecule has 1 aromatic heterocycles. The predicted molar refractivity (Wildman–Crippen MR) is 107 cm³/mol. The van der Waals surface area contributed by atoms with Gasteiger partial charge in [-0.1, -0.05) is 30.3 Å². The zero-order valence-electron chi connectivity index (χ0n) is 16.4. The number of aromatic nitrogens is 2. The number of aryl methyl sites for hydroxylation is 1. The fourth-order valence-corrected chi connectivity index (χ4v) is 4.33. The van der Waals surface area contributed by atoms with E-state index in [4.69, 9.17) is 0 Å². The number of carbonyl (C=O) groups is 2. The summed E-state index contributed by atoms with van der Waals surface area (Å²) >= 11 is 0. The van der Waals surface area contributed by atoms with Crippen LogP contribution in [-0.4, -0.2) is 57.3 Å². The van der Waals surface area contributed by atoms with Gasteiger partial charge in [0.1, 0.15) is 5.56 Å². The van der Waals surface area contributed by atoms with Gasteiger partial charge in [-0.25, -0.2) is 4.79 Å². The van der Waals surface area contributed by atoms with Crippen molar-refractivity contribution in [1.29, 1.82) is 0 Å². The summed E-state index contributed by atoms with van der Waals surface area (Å²) < 4.78 is 1.17. The number of carbonyl (C=O) groups excluding carboxylic acids is 2. The van der Waals surface area contributed by atoms with Gasteiger partial charge in [-0.15, -0.1) is 0 Å². The minimum atomic E-state index is -0.693. The second-order valence-electron chi connectivity index (χ2n) is 7.95. The van der Waals surface area contributed by atoms with Gasteiger partial charge >= 0.3 is 5.69 Å². The van der Waals surface area contributed by atoms with E-state index in [1.165, 1.54) is 23.4 Å². The maximum absolute atomic E-state index is 13.1. The average Bonchev–Trinajstić information content (AvgIpc) is 3.28. The molecule has 3 heterocycles. The van der Waals surface area contributed by atoms with Crippen LogP contribution in [0.5, 0.6) is 0 Å². The number of amides is 2. The van der Waals surface area contributed by atoms with Crippen molar-refractivity contribution in [3.8, 4) is 0 Å². The number of benzene rings is 1. The number of aromatic amines is 1. The molecule has 8 nitrogen and oxygen atoms in total. The molecule has 29 heavy (non-hydrogen) atoms. The second-order valence-corrected chi connectivity index (χ2v) is 7.95. The lowest BCUT2D eigenvalue weighted by Crippen LogP contribution is -2.41. The number of hydrogen-bond donors (Lipinski definition) is 1. The van der Waals surface area contributed by atoms with Crippen LogP contribution in [0.25, 0.3) is 0 Å². The van der Waals surface area contributed by atoms with Gasteiger partial charge in [0.15, 0.2) is 0 Å². The summed E-state index contributed by atoms with van der Waals surface area (Å²) in [7, 11) is 1.48. The quantitative estimate of drug-likeness (QED) is 0.808. The van der Waals surface area contributed by atoms with E-state index >= 15 is 0 Å². The Morgan fingerprint density at radius 1 is 1.10 bits per heavy atom. The highest BCUT2D eigenvalue weighted by Crippen LogP contribution is 2.41. The highest BCUT2D eigenvalue weighted by Gasteiger charge is 2.51. The molecule has 0 radical (unpaired) electrons. The molecule has 0 bridgehead atoms. The summed E-state index contributed by atoms with van der Waals surface area (Å²) in [5.41, 5.74) is -0.695. The first-order valence-corrected chi connectivity index (χ1v) is 9.82. The number of likely N-dealkylation sites (tertiary alicyclic amines) is 2. The molecule has 2 fully saturated rings. The fraction of sp³-hybridized carbons (Fsp3) is 0.429. The number of H-pyrrole nitrogens is 1. The van der Waals surface area contributed by atoms with Crippen LogP contribution in [0.1, 0.15) is 28.8 Å². The van der Waals surface area contributed by atoms with Crippen LogP contribution < -0.4 is 11.2 Å². The Morgan fingerprint density at radius 3 is 2.59 bits per heavy atom. The lowest BCUT2D eigenvalue weighted by Gasteiger charge is -2.23. The van der Waals surface area contributed by atoms with E-state index in [1.807, 2.05) is 23.1 Å². The molecule has 2 aliphatic heterocycles. The van der Waals surface area contributed by atoms with E-state index in [0.29, 0.717) is 39.0 Å². The Labute approximate surface area is 167 Å². The third kappa shape index (κ3) is 3.50. The molecule has 0 aliphatic carbocycles. The van der Waals surface area contributed by atoms with Crippen LogP contribution in [0.3, 0.4) is 0 Å². The highest BCUT2D eigenvalue weighted by molar-refractivity contribution is 5.95. The van der Waals surface area contributed by atoms with Crippen LogP contribution in [-0.2, 0) is 18.3 Å². The van der Waals surface area contributed by atoms with Gasteiger partial charge < -0.3 is 14.4 Å². The van der Waals surface area contributed by atoms with E-state index in [2.05, 4.69) is 17.1 Å². The van der Waals surface area contributed by atoms with E-state index < -0.39 is 22.6 Å². The van der Waals surface area contributed by atoms with Crippen LogP contribution in [0.15, 0.2) is 46.1 Å². The molecule has 2 aromatic rings. The van der Waals surface area contributed by atoms with Gasteiger partial charge in [0.05, 0.1) is 5.41 Å². The molecule has 2 aliphatic rings. The van der Waals surface area contributed by atoms with E-state index in [1.54, 1.807) is 4.90 Å². The van der Waals surface area contributed by atoms with Gasteiger partial charge in [-0.05, 0) is 24.8 Å². The lowest BCUT2D eigenvalue weighted by atomic mass is 9.85. The predicted octanol–water partition coefficient (Wildman–Crippen LogP) is 0.381. The van der Waals surface area contributed by atoms with Crippen LogP contribution in [0.2, 0.25) is 0 Å². The molecule has 4 rings (SSSR count). The molecule has 1 atom stereocenters. The molecule has 0 saturated carbocycles. The third-order valence-electron chi connectivity index (χ3n) is 6.09. The first kappa shape index (κ1) is 19.2. The highest BCUT2D eigenvalue weighted by atomic mass is 16.2. The SMILES string of the molecule is Cn1cc(C(=O)N2CCC3(CCN(CCc4ccccc4)C3=O)C2)c(=O)[nH]c1=O. The topological polar surface area (TPSA) is 95.5 Å². The Balaban J connectivity index is 1.44. The normalized spacial score (nSPS) is 21.3. The molecule has 152 valence electrons.